The van der Waals surface area contributed by atoms with Gasteiger partial charge in [-0.3, -0.25) is 14.8 Å². The lowest BCUT2D eigenvalue weighted by molar-refractivity contribution is -0.0114. The molecule has 0 unspecified atom stereocenters. The summed E-state index contributed by atoms with van der Waals surface area (Å²) >= 11 is 0. The number of carbonyl (C=O) groups excluding carboxylic acids is 2. The second-order valence-corrected chi connectivity index (χ2v) is 7.32. The van der Waals surface area contributed by atoms with Crippen LogP contribution < -0.4 is 10.2 Å². The third kappa shape index (κ3) is 3.33. The van der Waals surface area contributed by atoms with E-state index in [1.165, 1.54) is 24.3 Å². The Bertz CT molecular complexity index is 905. The van der Waals surface area contributed by atoms with E-state index in [9.17, 15) is 14.0 Å². The van der Waals surface area contributed by atoms with Gasteiger partial charge in [0.05, 0.1) is 5.56 Å². The van der Waals surface area contributed by atoms with Gasteiger partial charge in [-0.15, -0.1) is 0 Å². The van der Waals surface area contributed by atoms with E-state index >= 15 is 0 Å². The van der Waals surface area contributed by atoms with Gasteiger partial charge in [-0.1, -0.05) is 12.1 Å². The quantitative estimate of drug-likeness (QED) is 0.616. The molecule has 1 saturated heterocycles. The highest BCUT2D eigenvalue weighted by molar-refractivity contribution is 5.96. The summed E-state index contributed by atoms with van der Waals surface area (Å²) in [5, 5.41) is 8.99. The monoisotopic (exact) mass is 384 g/mol. The van der Waals surface area contributed by atoms with E-state index in [2.05, 4.69) is 0 Å². The summed E-state index contributed by atoms with van der Waals surface area (Å²) in [6.45, 7) is 1.06. The molecule has 4 rings (SSSR count). The lowest BCUT2D eigenvalue weighted by Gasteiger charge is -2.45. The van der Waals surface area contributed by atoms with Gasteiger partial charge in [0.1, 0.15) is 17.2 Å². The highest BCUT2D eigenvalue weighted by Crippen LogP contribution is 2.41. The number of hydroxylamine groups is 1. The van der Waals surface area contributed by atoms with Crippen LogP contribution in [0.3, 0.4) is 0 Å². The van der Waals surface area contributed by atoms with Crippen molar-refractivity contribution in [2.75, 3.05) is 13.1 Å². The Morgan fingerprint density at radius 1 is 1.07 bits per heavy atom. The first-order valence-corrected chi connectivity index (χ1v) is 9.31. The Morgan fingerprint density at radius 2 is 1.79 bits per heavy atom. The summed E-state index contributed by atoms with van der Waals surface area (Å²) in [6.07, 6.45) is 2.87. The Morgan fingerprint density at radius 3 is 2.46 bits per heavy atom. The molecule has 0 radical (unpaired) electrons. The Kier molecular flexibility index (Phi) is 4.77. The van der Waals surface area contributed by atoms with Crippen LogP contribution in [-0.4, -0.2) is 40.6 Å². The number of hydrogen-bond donors (Lipinski definition) is 2. The number of aryl methyl sites for hydroxylation is 1. The van der Waals surface area contributed by atoms with Crippen molar-refractivity contribution in [3.8, 4) is 5.75 Å². The number of likely N-dealkylation sites (tertiary alicyclic amines) is 1. The predicted molar refractivity (Wildman–Crippen MR) is 98.9 cm³/mol. The van der Waals surface area contributed by atoms with Crippen LogP contribution >= 0.6 is 0 Å². The first kappa shape index (κ1) is 18.4. The fraction of sp³-hybridized carbons (Fsp3) is 0.333. The molecule has 1 fully saturated rings. The lowest BCUT2D eigenvalue weighted by atomic mass is 9.82. The topological polar surface area (TPSA) is 78.9 Å². The van der Waals surface area contributed by atoms with E-state index in [0.717, 1.165) is 18.4 Å². The molecular weight excluding hydrogens is 363 g/mol. The van der Waals surface area contributed by atoms with E-state index in [4.69, 9.17) is 9.94 Å². The number of rotatable bonds is 2. The van der Waals surface area contributed by atoms with Crippen LogP contribution in [0.2, 0.25) is 0 Å². The summed E-state index contributed by atoms with van der Waals surface area (Å²) in [5.41, 5.74) is 2.95. The second-order valence-electron chi connectivity index (χ2n) is 7.32. The van der Waals surface area contributed by atoms with Gasteiger partial charge >= 0.3 is 0 Å². The molecule has 2 aliphatic heterocycles. The molecule has 0 aromatic heterocycles. The number of halogens is 1. The molecule has 2 N–H and O–H groups in total. The predicted octanol–water partition coefficient (Wildman–Crippen LogP) is 2.94. The fourth-order valence-corrected chi connectivity index (χ4v) is 4.02. The van der Waals surface area contributed by atoms with Crippen molar-refractivity contribution in [2.45, 2.75) is 31.3 Å². The number of nitrogens with one attached hydrogen (secondary N) is 1. The van der Waals surface area contributed by atoms with Gasteiger partial charge in [-0.05, 0) is 48.7 Å². The number of hydrogen-bond acceptors (Lipinski definition) is 4. The first-order chi connectivity index (χ1) is 13.5. The first-order valence-electron chi connectivity index (χ1n) is 9.31. The Labute approximate surface area is 161 Å². The number of amides is 2. The summed E-state index contributed by atoms with van der Waals surface area (Å²) in [5.74, 6) is -0.575. The molecule has 0 aliphatic carbocycles. The molecule has 7 heteroatoms. The Balaban J connectivity index is 1.49. The van der Waals surface area contributed by atoms with Crippen molar-refractivity contribution < 1.29 is 23.9 Å². The molecular formula is C21H21FN2O4. The van der Waals surface area contributed by atoms with Crippen LogP contribution in [-0.2, 0) is 6.42 Å². The van der Waals surface area contributed by atoms with Gasteiger partial charge < -0.3 is 9.64 Å². The van der Waals surface area contributed by atoms with Crippen molar-refractivity contribution in [3.63, 3.8) is 0 Å². The van der Waals surface area contributed by atoms with Crippen molar-refractivity contribution in [2.24, 2.45) is 0 Å². The molecule has 28 heavy (non-hydrogen) atoms. The minimum absolute atomic E-state index is 0.119. The zero-order chi connectivity index (χ0) is 19.7. The third-order valence-electron chi connectivity index (χ3n) is 5.66. The third-order valence-corrected chi connectivity index (χ3v) is 5.66. The molecule has 1 spiro atoms. The molecule has 6 nitrogen and oxygen atoms in total. The van der Waals surface area contributed by atoms with Crippen molar-refractivity contribution in [1.29, 1.82) is 0 Å². The summed E-state index contributed by atoms with van der Waals surface area (Å²) in [6, 6.07) is 10.9. The van der Waals surface area contributed by atoms with E-state index in [-0.39, 0.29) is 11.7 Å². The summed E-state index contributed by atoms with van der Waals surface area (Å²) in [7, 11) is 0. The minimum atomic E-state index is -0.599. The molecule has 2 aromatic rings. The van der Waals surface area contributed by atoms with Gasteiger partial charge in [-0.25, -0.2) is 9.87 Å². The number of benzene rings is 2. The van der Waals surface area contributed by atoms with Crippen LogP contribution in [0, 0.1) is 5.82 Å². The standard InChI is InChI=1S/C21H21FN2O4/c22-16-6-4-15(5-7-16)20(26)24-12-10-21(11-13-24)9-8-14-2-1-3-17(18(14)28-21)19(25)23-27/h1-7,27H,8-13H2,(H,23,25). The van der Waals surface area contributed by atoms with Crippen molar-refractivity contribution in [3.05, 3.63) is 65.0 Å². The van der Waals surface area contributed by atoms with Gasteiger partial charge in [-0.2, -0.15) is 0 Å². The van der Waals surface area contributed by atoms with E-state index in [1.807, 2.05) is 6.07 Å². The number of para-hydroxylation sites is 1. The molecule has 0 saturated carbocycles. The van der Waals surface area contributed by atoms with Gasteiger partial charge in [0, 0.05) is 31.5 Å². The maximum atomic E-state index is 13.1. The molecule has 2 aromatic carbocycles. The van der Waals surface area contributed by atoms with Crippen molar-refractivity contribution >= 4 is 11.8 Å². The van der Waals surface area contributed by atoms with E-state index in [1.54, 1.807) is 22.5 Å². The number of ether oxygens (including phenoxy) is 1. The molecule has 0 atom stereocenters. The minimum Gasteiger partial charge on any atom is -0.486 e. The van der Waals surface area contributed by atoms with E-state index < -0.39 is 11.5 Å². The average molecular weight is 384 g/mol. The Hall–Kier alpha value is -2.93. The lowest BCUT2D eigenvalue weighted by Crippen LogP contribution is -2.51. The molecule has 2 heterocycles. The normalized spacial score (nSPS) is 17.6. The number of carbonyl (C=O) groups is 2. The highest BCUT2D eigenvalue weighted by atomic mass is 19.1. The largest absolute Gasteiger partial charge is 0.486 e. The molecule has 146 valence electrons. The molecule has 2 aliphatic rings. The SMILES string of the molecule is O=C(NO)c1cccc2c1OC1(CC2)CCN(C(=O)c2ccc(F)cc2)CC1. The highest BCUT2D eigenvalue weighted by Gasteiger charge is 2.41. The summed E-state index contributed by atoms with van der Waals surface area (Å²) < 4.78 is 19.4. The summed E-state index contributed by atoms with van der Waals surface area (Å²) in [4.78, 5) is 26.4. The van der Waals surface area contributed by atoms with Gasteiger partial charge in [0.15, 0.2) is 0 Å². The molecule has 0 bridgehead atoms. The fourth-order valence-electron chi connectivity index (χ4n) is 4.02. The van der Waals surface area contributed by atoms with Gasteiger partial charge in [0.2, 0.25) is 0 Å². The van der Waals surface area contributed by atoms with Crippen molar-refractivity contribution in [1.82, 2.24) is 10.4 Å². The number of nitrogens with zero attached hydrogens (tertiary/aromatic N) is 1. The maximum absolute atomic E-state index is 13.1. The average Bonchev–Trinajstić information content (AvgIpc) is 2.73. The number of piperidine rings is 1. The van der Waals surface area contributed by atoms with Crippen LogP contribution in [0.25, 0.3) is 0 Å². The van der Waals surface area contributed by atoms with Crippen LogP contribution in [0.1, 0.15) is 45.5 Å². The number of fused-ring (bicyclic) bond motifs is 1. The maximum Gasteiger partial charge on any atom is 0.278 e. The van der Waals surface area contributed by atoms with E-state index in [0.29, 0.717) is 42.8 Å². The van der Waals surface area contributed by atoms with Crippen LogP contribution in [0.5, 0.6) is 5.75 Å². The van der Waals surface area contributed by atoms with Crippen LogP contribution in [0.15, 0.2) is 42.5 Å². The smallest absolute Gasteiger partial charge is 0.278 e. The van der Waals surface area contributed by atoms with Gasteiger partial charge in [0.25, 0.3) is 11.8 Å². The molecule has 2 amide bonds. The van der Waals surface area contributed by atoms with Crippen LogP contribution in [0.4, 0.5) is 4.39 Å². The zero-order valence-corrected chi connectivity index (χ0v) is 15.3. The second kappa shape index (κ2) is 7.24. The zero-order valence-electron chi connectivity index (χ0n) is 15.3.